The quantitative estimate of drug-likeness (QED) is 0.910. The first-order chi connectivity index (χ1) is 10.6. The molecule has 0 spiro atoms. The van der Waals surface area contributed by atoms with E-state index in [2.05, 4.69) is 36.1 Å². The minimum atomic E-state index is -2.93. The molecule has 1 aromatic heterocycles. The highest BCUT2D eigenvalue weighted by Crippen LogP contribution is 2.21. The molecule has 0 saturated heterocycles. The number of benzene rings is 1. The van der Waals surface area contributed by atoms with Gasteiger partial charge in [-0.3, -0.25) is 0 Å². The summed E-state index contributed by atoms with van der Waals surface area (Å²) in [5, 5.41) is 3.25. The van der Waals surface area contributed by atoms with Crippen molar-refractivity contribution in [3.63, 3.8) is 0 Å². The summed E-state index contributed by atoms with van der Waals surface area (Å²) in [7, 11) is -2.93. The molecule has 0 atom stereocenters. The molecular weight excluding hydrogens is 310 g/mol. The molecule has 0 radical (unpaired) electrons. The van der Waals surface area contributed by atoms with Gasteiger partial charge in [0.1, 0.15) is 21.5 Å². The van der Waals surface area contributed by atoms with Crippen LogP contribution in [0, 0.1) is 0 Å². The Morgan fingerprint density at radius 1 is 1.09 bits per heavy atom. The molecule has 5 nitrogen and oxygen atoms in total. The molecule has 6 heteroatoms. The van der Waals surface area contributed by atoms with Gasteiger partial charge in [-0.05, 0) is 30.2 Å². The molecule has 124 valence electrons. The van der Waals surface area contributed by atoms with Crippen molar-refractivity contribution in [1.29, 1.82) is 0 Å². The summed E-state index contributed by atoms with van der Waals surface area (Å²) in [6.07, 6.45) is 3.53. The number of sulfone groups is 1. The van der Waals surface area contributed by atoms with Crippen molar-refractivity contribution in [3.8, 4) is 0 Å². The zero-order valence-electron chi connectivity index (χ0n) is 14.0. The Balaban J connectivity index is 2.07. The fourth-order valence-corrected chi connectivity index (χ4v) is 2.60. The largest absolute Gasteiger partial charge is 0.340 e. The smallest absolute Gasteiger partial charge is 0.147 e. The minimum Gasteiger partial charge on any atom is -0.340 e. The number of hydrogen-bond acceptors (Lipinski definition) is 5. The second-order valence-corrected chi connectivity index (χ2v) is 8.98. The molecule has 1 N–H and O–H groups in total. The molecule has 23 heavy (non-hydrogen) atoms. The van der Waals surface area contributed by atoms with E-state index in [-0.39, 0.29) is 11.2 Å². The van der Waals surface area contributed by atoms with Crippen LogP contribution in [0.5, 0.6) is 0 Å². The summed E-state index contributed by atoms with van der Waals surface area (Å²) in [5.74, 6) is 1.70. The van der Waals surface area contributed by atoms with E-state index in [1.54, 1.807) is 6.20 Å². The van der Waals surface area contributed by atoms with E-state index < -0.39 is 9.84 Å². The fourth-order valence-electron chi connectivity index (χ4n) is 2.00. The molecule has 0 unspecified atom stereocenters. The Morgan fingerprint density at radius 3 is 2.30 bits per heavy atom. The first-order valence-electron chi connectivity index (χ1n) is 7.51. The number of aryl methyl sites for hydroxylation is 1. The third-order valence-electron chi connectivity index (χ3n) is 3.31. The van der Waals surface area contributed by atoms with Gasteiger partial charge in [-0.1, -0.05) is 32.9 Å². The lowest BCUT2D eigenvalue weighted by Crippen LogP contribution is -2.16. The van der Waals surface area contributed by atoms with E-state index in [9.17, 15) is 8.42 Å². The van der Waals surface area contributed by atoms with Crippen LogP contribution in [0.15, 0.2) is 36.5 Å². The highest BCUT2D eigenvalue weighted by Gasteiger charge is 2.17. The first-order valence-corrected chi connectivity index (χ1v) is 9.57. The van der Waals surface area contributed by atoms with Gasteiger partial charge in [-0.2, -0.15) is 0 Å². The van der Waals surface area contributed by atoms with Crippen molar-refractivity contribution in [2.24, 2.45) is 0 Å². The maximum Gasteiger partial charge on any atom is 0.147 e. The van der Waals surface area contributed by atoms with Gasteiger partial charge in [0.15, 0.2) is 0 Å². The fraction of sp³-hybridized carbons (Fsp3) is 0.412. The third kappa shape index (κ3) is 5.63. The first kappa shape index (κ1) is 17.4. The molecule has 0 fully saturated rings. The lowest BCUT2D eigenvalue weighted by molar-refractivity contribution is 0.546. The number of nitrogens with one attached hydrogen (secondary N) is 1. The van der Waals surface area contributed by atoms with Gasteiger partial charge < -0.3 is 5.32 Å². The average molecular weight is 333 g/mol. The van der Waals surface area contributed by atoms with Crippen LogP contribution in [-0.2, 0) is 21.7 Å². The van der Waals surface area contributed by atoms with E-state index in [4.69, 9.17) is 0 Å². The van der Waals surface area contributed by atoms with Crippen LogP contribution in [0.3, 0.4) is 0 Å². The summed E-state index contributed by atoms with van der Waals surface area (Å²) in [5.41, 5.74) is 1.80. The van der Waals surface area contributed by atoms with E-state index in [0.29, 0.717) is 6.42 Å². The second-order valence-electron chi connectivity index (χ2n) is 6.72. The van der Waals surface area contributed by atoms with E-state index in [1.807, 2.05) is 30.3 Å². The van der Waals surface area contributed by atoms with Crippen LogP contribution in [0.4, 0.5) is 11.5 Å². The van der Waals surface area contributed by atoms with Crippen molar-refractivity contribution in [1.82, 2.24) is 9.97 Å². The molecule has 1 aromatic carbocycles. The lowest BCUT2D eigenvalue weighted by atomic mass is 9.96. The summed E-state index contributed by atoms with van der Waals surface area (Å²) >= 11 is 0. The molecule has 0 saturated carbocycles. The molecule has 1 heterocycles. The Bertz CT molecular complexity index is 763. The SMILES string of the molecule is CC(C)(C)c1nccc(Nc2ccc(CCS(C)(=O)=O)cc2)n1. The van der Waals surface area contributed by atoms with E-state index >= 15 is 0 Å². The topological polar surface area (TPSA) is 72.0 Å². The molecule has 0 bridgehead atoms. The third-order valence-corrected chi connectivity index (χ3v) is 4.26. The molecule has 0 aliphatic heterocycles. The van der Waals surface area contributed by atoms with E-state index in [1.165, 1.54) is 6.26 Å². The van der Waals surface area contributed by atoms with Gasteiger partial charge in [-0.25, -0.2) is 18.4 Å². The Kier molecular flexibility index (Phi) is 5.04. The van der Waals surface area contributed by atoms with Gasteiger partial charge in [0.05, 0.1) is 5.75 Å². The van der Waals surface area contributed by atoms with Crippen LogP contribution >= 0.6 is 0 Å². The van der Waals surface area contributed by atoms with Crippen molar-refractivity contribution in [2.75, 3.05) is 17.3 Å². The normalized spacial score (nSPS) is 12.2. The molecule has 0 aliphatic rings. The highest BCUT2D eigenvalue weighted by atomic mass is 32.2. The number of aromatic nitrogens is 2. The van der Waals surface area contributed by atoms with Crippen LogP contribution in [0.2, 0.25) is 0 Å². The Hall–Kier alpha value is -1.95. The second kappa shape index (κ2) is 6.66. The van der Waals surface area contributed by atoms with Crippen molar-refractivity contribution >= 4 is 21.3 Å². The van der Waals surface area contributed by atoms with Gasteiger partial charge in [0.2, 0.25) is 0 Å². The summed E-state index contributed by atoms with van der Waals surface area (Å²) in [6, 6.07) is 9.54. The maximum atomic E-state index is 11.2. The lowest BCUT2D eigenvalue weighted by Gasteiger charge is -2.17. The van der Waals surface area contributed by atoms with Crippen molar-refractivity contribution in [2.45, 2.75) is 32.6 Å². The predicted molar refractivity (Wildman–Crippen MR) is 93.9 cm³/mol. The molecule has 2 rings (SSSR count). The van der Waals surface area contributed by atoms with E-state index in [0.717, 1.165) is 22.9 Å². The molecular formula is C17H23N3O2S. The number of nitrogens with zero attached hydrogens (tertiary/aromatic N) is 2. The molecule has 0 amide bonds. The average Bonchev–Trinajstić information content (AvgIpc) is 2.45. The van der Waals surface area contributed by atoms with Gasteiger partial charge >= 0.3 is 0 Å². The van der Waals surface area contributed by atoms with Crippen LogP contribution < -0.4 is 5.32 Å². The van der Waals surface area contributed by atoms with Gasteiger partial charge in [-0.15, -0.1) is 0 Å². The van der Waals surface area contributed by atoms with Crippen LogP contribution in [-0.4, -0.2) is 30.4 Å². The number of anilines is 2. The number of rotatable bonds is 5. The van der Waals surface area contributed by atoms with Crippen LogP contribution in [0.25, 0.3) is 0 Å². The van der Waals surface area contributed by atoms with Gasteiger partial charge in [0.25, 0.3) is 0 Å². The molecule has 2 aromatic rings. The molecule has 0 aliphatic carbocycles. The summed E-state index contributed by atoms with van der Waals surface area (Å²) in [4.78, 5) is 8.83. The number of hydrogen-bond donors (Lipinski definition) is 1. The van der Waals surface area contributed by atoms with Crippen LogP contribution in [0.1, 0.15) is 32.2 Å². The highest BCUT2D eigenvalue weighted by molar-refractivity contribution is 7.90. The van der Waals surface area contributed by atoms with Crippen molar-refractivity contribution in [3.05, 3.63) is 47.9 Å². The maximum absolute atomic E-state index is 11.2. The Labute approximate surface area is 138 Å². The summed E-state index contributed by atoms with van der Waals surface area (Å²) < 4.78 is 22.4. The Morgan fingerprint density at radius 2 is 1.74 bits per heavy atom. The standard InChI is InChI=1S/C17H23N3O2S/c1-17(2,3)16-18-11-9-15(20-16)19-14-7-5-13(6-8-14)10-12-23(4,21)22/h5-9,11H,10,12H2,1-4H3,(H,18,19,20). The van der Waals surface area contributed by atoms with Gasteiger partial charge in [0, 0.05) is 23.6 Å². The summed E-state index contributed by atoms with van der Waals surface area (Å²) in [6.45, 7) is 6.22. The minimum absolute atomic E-state index is 0.104. The van der Waals surface area contributed by atoms with Crippen molar-refractivity contribution < 1.29 is 8.42 Å². The zero-order valence-corrected chi connectivity index (χ0v) is 14.8. The monoisotopic (exact) mass is 333 g/mol. The zero-order chi connectivity index (χ0) is 17.1. The predicted octanol–water partition coefficient (Wildman–Crippen LogP) is 3.10.